The highest BCUT2D eigenvalue weighted by atomic mass is 35.5. The molecule has 1 atom stereocenters. The van der Waals surface area contributed by atoms with Crippen LogP contribution in [0.4, 0.5) is 11.6 Å². The first-order chi connectivity index (χ1) is 13.0. The van der Waals surface area contributed by atoms with Gasteiger partial charge in [0.1, 0.15) is 0 Å². The van der Waals surface area contributed by atoms with Crippen molar-refractivity contribution >= 4 is 52.5 Å². The predicted octanol–water partition coefficient (Wildman–Crippen LogP) is 3.56. The molecule has 1 aliphatic heterocycles. The minimum Gasteiger partial charge on any atom is -0.378 e. The number of aromatic nitrogens is 3. The Labute approximate surface area is 172 Å². The third-order valence-corrected chi connectivity index (χ3v) is 6.07. The largest absolute Gasteiger partial charge is 0.378 e. The van der Waals surface area contributed by atoms with Crippen LogP contribution in [0.25, 0.3) is 0 Å². The van der Waals surface area contributed by atoms with E-state index in [1.54, 1.807) is 18.2 Å². The van der Waals surface area contributed by atoms with Gasteiger partial charge in [0.15, 0.2) is 5.16 Å². The second-order valence-electron chi connectivity index (χ2n) is 5.98. The predicted molar refractivity (Wildman–Crippen MR) is 109 cm³/mol. The number of hydrogen-bond acceptors (Lipinski definition) is 6. The maximum atomic E-state index is 12.6. The van der Waals surface area contributed by atoms with Crippen molar-refractivity contribution in [1.82, 2.24) is 14.8 Å². The number of morpholine rings is 1. The third kappa shape index (κ3) is 4.68. The Morgan fingerprint density at radius 2 is 2.07 bits per heavy atom. The van der Waals surface area contributed by atoms with Crippen molar-refractivity contribution < 1.29 is 9.53 Å². The van der Waals surface area contributed by atoms with Gasteiger partial charge in [-0.1, -0.05) is 41.0 Å². The number of hydrogen-bond donors (Lipinski definition) is 1. The fourth-order valence-electron chi connectivity index (χ4n) is 2.69. The van der Waals surface area contributed by atoms with E-state index in [0.29, 0.717) is 34.1 Å². The Morgan fingerprint density at radius 3 is 2.78 bits per heavy atom. The molecule has 1 aliphatic rings. The number of nitrogens with one attached hydrogen (secondary N) is 1. The van der Waals surface area contributed by atoms with Gasteiger partial charge in [-0.05, 0) is 26.0 Å². The van der Waals surface area contributed by atoms with Gasteiger partial charge in [0.25, 0.3) is 0 Å². The summed E-state index contributed by atoms with van der Waals surface area (Å²) in [5.74, 6) is 0.636. The Morgan fingerprint density at radius 1 is 1.33 bits per heavy atom. The lowest BCUT2D eigenvalue weighted by Gasteiger charge is -2.27. The summed E-state index contributed by atoms with van der Waals surface area (Å²) in [6, 6.07) is 5.13. The first-order valence-electron chi connectivity index (χ1n) is 8.68. The lowest BCUT2D eigenvalue weighted by atomic mass is 10.3. The molecule has 1 aromatic carbocycles. The van der Waals surface area contributed by atoms with Crippen LogP contribution in [0.3, 0.4) is 0 Å². The Bertz CT molecular complexity index is 811. The zero-order valence-electron chi connectivity index (χ0n) is 15.1. The minimum atomic E-state index is -0.382. The van der Waals surface area contributed by atoms with Crippen LogP contribution in [0.15, 0.2) is 23.4 Å². The average molecular weight is 430 g/mol. The molecule has 1 saturated heterocycles. The third-order valence-electron chi connectivity index (χ3n) is 4.17. The molecule has 1 unspecified atom stereocenters. The molecule has 7 nitrogen and oxygen atoms in total. The van der Waals surface area contributed by atoms with Crippen LogP contribution in [0.1, 0.15) is 13.8 Å². The van der Waals surface area contributed by atoms with Gasteiger partial charge >= 0.3 is 0 Å². The number of benzene rings is 1. The molecule has 1 amide bonds. The van der Waals surface area contributed by atoms with E-state index in [1.807, 2.05) is 18.4 Å². The van der Waals surface area contributed by atoms with Crippen molar-refractivity contribution in [2.75, 3.05) is 36.5 Å². The van der Waals surface area contributed by atoms with Crippen LogP contribution in [0.2, 0.25) is 10.0 Å². The summed E-state index contributed by atoms with van der Waals surface area (Å²) >= 11 is 13.5. The molecule has 0 aliphatic carbocycles. The number of amides is 1. The monoisotopic (exact) mass is 429 g/mol. The molecule has 27 heavy (non-hydrogen) atoms. The Hall–Kier alpha value is -1.48. The first kappa shape index (κ1) is 20.3. The van der Waals surface area contributed by atoms with Gasteiger partial charge < -0.3 is 15.0 Å². The Kier molecular flexibility index (Phi) is 6.86. The zero-order valence-corrected chi connectivity index (χ0v) is 17.4. The number of halogens is 2. The number of carbonyl (C=O) groups is 1. The lowest BCUT2D eigenvalue weighted by molar-refractivity contribution is -0.115. The molecule has 1 aromatic heterocycles. The number of anilines is 2. The van der Waals surface area contributed by atoms with Gasteiger partial charge in [-0.2, -0.15) is 0 Å². The van der Waals surface area contributed by atoms with E-state index in [9.17, 15) is 4.79 Å². The molecule has 0 saturated carbocycles. The number of rotatable bonds is 6. The summed E-state index contributed by atoms with van der Waals surface area (Å²) in [6.07, 6.45) is 0. The highest BCUT2D eigenvalue weighted by molar-refractivity contribution is 8.00. The lowest BCUT2D eigenvalue weighted by Crippen LogP contribution is -2.38. The van der Waals surface area contributed by atoms with Crippen LogP contribution in [0.5, 0.6) is 0 Å². The summed E-state index contributed by atoms with van der Waals surface area (Å²) < 4.78 is 7.41. The zero-order chi connectivity index (χ0) is 19.4. The van der Waals surface area contributed by atoms with Gasteiger partial charge in [0.2, 0.25) is 11.9 Å². The van der Waals surface area contributed by atoms with Gasteiger partial charge in [0, 0.05) is 19.6 Å². The highest BCUT2D eigenvalue weighted by Gasteiger charge is 2.23. The van der Waals surface area contributed by atoms with Crippen LogP contribution in [0, 0.1) is 0 Å². The van der Waals surface area contributed by atoms with Crippen molar-refractivity contribution in [1.29, 1.82) is 0 Å². The van der Waals surface area contributed by atoms with E-state index in [-0.39, 0.29) is 11.2 Å². The van der Waals surface area contributed by atoms with Crippen molar-refractivity contribution in [3.8, 4) is 0 Å². The van der Waals surface area contributed by atoms with Crippen molar-refractivity contribution in [2.24, 2.45) is 0 Å². The van der Waals surface area contributed by atoms with E-state index < -0.39 is 0 Å². The smallest absolute Gasteiger partial charge is 0.237 e. The second kappa shape index (κ2) is 9.14. The van der Waals surface area contributed by atoms with E-state index in [1.165, 1.54) is 11.8 Å². The summed E-state index contributed by atoms with van der Waals surface area (Å²) in [4.78, 5) is 14.7. The molecular weight excluding hydrogens is 409 g/mol. The van der Waals surface area contributed by atoms with Crippen molar-refractivity contribution in [3.05, 3.63) is 28.2 Å². The maximum absolute atomic E-state index is 12.6. The molecule has 3 rings (SSSR count). The summed E-state index contributed by atoms with van der Waals surface area (Å²) in [7, 11) is 0. The molecular formula is C17H21Cl2N5O2S. The van der Waals surface area contributed by atoms with Gasteiger partial charge in [-0.25, -0.2) is 0 Å². The standard InChI is InChI=1S/C17H21Cl2N5O2S/c1-3-24-16(23-7-9-26-10-8-23)21-22-17(24)27-11(2)15(25)20-13-6-4-5-12(18)14(13)19/h4-6,11H,3,7-10H2,1-2H3,(H,20,25). The van der Waals surface area contributed by atoms with Crippen molar-refractivity contribution in [2.45, 2.75) is 30.8 Å². The van der Waals surface area contributed by atoms with E-state index in [0.717, 1.165) is 25.6 Å². The van der Waals surface area contributed by atoms with Gasteiger partial charge in [-0.3, -0.25) is 9.36 Å². The van der Waals surface area contributed by atoms with Crippen LogP contribution in [-0.2, 0) is 16.1 Å². The Balaban J connectivity index is 1.69. The summed E-state index contributed by atoms with van der Waals surface area (Å²) in [5, 5.41) is 12.5. The van der Waals surface area contributed by atoms with E-state index in [4.69, 9.17) is 27.9 Å². The summed E-state index contributed by atoms with van der Waals surface area (Å²) in [6.45, 7) is 7.50. The SMILES string of the molecule is CCn1c(SC(C)C(=O)Nc2cccc(Cl)c2Cl)nnc1N1CCOCC1. The molecule has 0 bridgehead atoms. The molecule has 1 fully saturated rings. The molecule has 1 N–H and O–H groups in total. The van der Waals surface area contributed by atoms with Crippen LogP contribution < -0.4 is 10.2 Å². The molecule has 146 valence electrons. The number of carbonyl (C=O) groups excluding carboxylic acids is 1. The first-order valence-corrected chi connectivity index (χ1v) is 10.3. The fraction of sp³-hybridized carbons (Fsp3) is 0.471. The molecule has 2 heterocycles. The number of ether oxygens (including phenoxy) is 1. The number of nitrogens with zero attached hydrogens (tertiary/aromatic N) is 4. The molecule has 10 heteroatoms. The maximum Gasteiger partial charge on any atom is 0.237 e. The normalized spacial score (nSPS) is 15.6. The topological polar surface area (TPSA) is 72.3 Å². The summed E-state index contributed by atoms with van der Waals surface area (Å²) in [5.41, 5.74) is 0.493. The second-order valence-corrected chi connectivity index (χ2v) is 8.07. The number of thioether (sulfide) groups is 1. The van der Waals surface area contributed by atoms with E-state index in [2.05, 4.69) is 20.4 Å². The fourth-order valence-corrected chi connectivity index (χ4v) is 3.94. The quantitative estimate of drug-likeness (QED) is 0.707. The van der Waals surface area contributed by atoms with Gasteiger partial charge in [0.05, 0.1) is 34.2 Å². The molecule has 2 aromatic rings. The average Bonchev–Trinajstić information content (AvgIpc) is 3.08. The minimum absolute atomic E-state index is 0.178. The molecule has 0 spiro atoms. The van der Waals surface area contributed by atoms with E-state index >= 15 is 0 Å². The van der Waals surface area contributed by atoms with Crippen LogP contribution in [-0.4, -0.2) is 52.2 Å². The molecule has 0 radical (unpaired) electrons. The van der Waals surface area contributed by atoms with Crippen molar-refractivity contribution in [3.63, 3.8) is 0 Å². The highest BCUT2D eigenvalue weighted by Crippen LogP contribution is 2.31. The van der Waals surface area contributed by atoms with Gasteiger partial charge in [-0.15, -0.1) is 10.2 Å². The van der Waals surface area contributed by atoms with Crippen LogP contribution >= 0.6 is 35.0 Å².